The monoisotopic (exact) mass is 313 g/mol. The minimum atomic E-state index is -0.0663. The fraction of sp³-hybridized carbons (Fsp3) is 0.947. The van der Waals surface area contributed by atoms with Crippen molar-refractivity contribution < 1.29 is 9.53 Å². The van der Waals surface area contributed by atoms with Crippen LogP contribution in [0.25, 0.3) is 0 Å². The van der Waals surface area contributed by atoms with Gasteiger partial charge in [-0.2, -0.15) is 0 Å². The van der Waals surface area contributed by atoms with Gasteiger partial charge < -0.3 is 10.5 Å². The van der Waals surface area contributed by atoms with Crippen LogP contribution in [0.15, 0.2) is 0 Å². The zero-order chi connectivity index (χ0) is 16.6. The van der Waals surface area contributed by atoms with Crippen LogP contribution >= 0.6 is 0 Å². The first-order chi connectivity index (χ1) is 10.6. The zero-order valence-corrected chi connectivity index (χ0v) is 15.2. The lowest BCUT2D eigenvalue weighted by atomic mass is 9.97. The van der Waals surface area contributed by atoms with Crippen molar-refractivity contribution in [1.29, 1.82) is 0 Å². The smallest absolute Gasteiger partial charge is 0.305 e. The van der Waals surface area contributed by atoms with Gasteiger partial charge in [0, 0.05) is 18.4 Å². The molecule has 0 rings (SSSR count). The van der Waals surface area contributed by atoms with E-state index in [9.17, 15) is 4.79 Å². The topological polar surface area (TPSA) is 52.3 Å². The Morgan fingerprint density at radius 1 is 0.909 bits per heavy atom. The van der Waals surface area contributed by atoms with E-state index in [0.717, 1.165) is 25.7 Å². The van der Waals surface area contributed by atoms with Crippen molar-refractivity contribution in [2.45, 2.75) is 104 Å². The van der Waals surface area contributed by atoms with Crippen molar-refractivity contribution in [3.05, 3.63) is 0 Å². The maximum atomic E-state index is 11.6. The Bertz CT molecular complexity index is 256. The number of hydrogen-bond donors (Lipinski definition) is 1. The first kappa shape index (κ1) is 21.4. The van der Waals surface area contributed by atoms with Crippen molar-refractivity contribution >= 4 is 5.97 Å². The van der Waals surface area contributed by atoms with Crippen LogP contribution in [-0.4, -0.2) is 18.6 Å². The van der Waals surface area contributed by atoms with Crippen molar-refractivity contribution in [3.8, 4) is 0 Å². The third-order valence-corrected chi connectivity index (χ3v) is 4.36. The van der Waals surface area contributed by atoms with Gasteiger partial charge in [-0.25, -0.2) is 0 Å². The number of hydrogen-bond acceptors (Lipinski definition) is 3. The maximum absolute atomic E-state index is 11.6. The summed E-state index contributed by atoms with van der Waals surface area (Å²) in [5.74, 6) is 0.193. The predicted octanol–water partition coefficient (Wildman–Crippen LogP) is 5.21. The fourth-order valence-electron chi connectivity index (χ4n) is 2.56. The number of carbonyl (C=O) groups excluding carboxylic acids is 1. The number of unbranched alkanes of at least 4 members (excludes halogenated alkanes) is 8. The van der Waals surface area contributed by atoms with Crippen LogP contribution in [0.1, 0.15) is 97.8 Å². The number of nitrogens with two attached hydrogens (primary N) is 1. The van der Waals surface area contributed by atoms with Gasteiger partial charge in [-0.05, 0) is 12.8 Å². The third kappa shape index (κ3) is 13.1. The van der Waals surface area contributed by atoms with Crippen LogP contribution in [0.2, 0.25) is 0 Å². The van der Waals surface area contributed by atoms with Crippen LogP contribution in [-0.2, 0) is 9.53 Å². The molecule has 132 valence electrons. The van der Waals surface area contributed by atoms with Crippen LogP contribution in [0, 0.1) is 5.92 Å². The average Bonchev–Trinajstić information content (AvgIpc) is 2.51. The van der Waals surface area contributed by atoms with Crippen molar-refractivity contribution in [1.82, 2.24) is 0 Å². The van der Waals surface area contributed by atoms with Gasteiger partial charge in [-0.3, -0.25) is 4.79 Å². The molecule has 0 aliphatic rings. The first-order valence-electron chi connectivity index (χ1n) is 9.53. The average molecular weight is 314 g/mol. The van der Waals surface area contributed by atoms with E-state index in [-0.39, 0.29) is 17.9 Å². The number of ether oxygens (including phenoxy) is 1. The standard InChI is InChI=1S/C19H39NO2/c1-4-6-8-9-10-11-13-14-18(20)17(3)16-22-19(21)15-12-7-5-2/h17-18H,4-16,20H2,1-3H3. The van der Waals surface area contributed by atoms with E-state index < -0.39 is 0 Å². The highest BCUT2D eigenvalue weighted by atomic mass is 16.5. The van der Waals surface area contributed by atoms with Gasteiger partial charge >= 0.3 is 5.97 Å². The Hall–Kier alpha value is -0.570. The SMILES string of the molecule is CCCCCCCCCC(N)C(C)COC(=O)CCCCC. The highest BCUT2D eigenvalue weighted by molar-refractivity contribution is 5.69. The predicted molar refractivity (Wildman–Crippen MR) is 94.9 cm³/mol. The molecule has 0 heterocycles. The highest BCUT2D eigenvalue weighted by Crippen LogP contribution is 2.13. The van der Waals surface area contributed by atoms with Crippen LogP contribution in [0.5, 0.6) is 0 Å². The van der Waals surface area contributed by atoms with E-state index >= 15 is 0 Å². The van der Waals surface area contributed by atoms with Crippen LogP contribution < -0.4 is 5.73 Å². The summed E-state index contributed by atoms with van der Waals surface area (Å²) in [6.45, 7) is 6.95. The lowest BCUT2D eigenvalue weighted by molar-refractivity contribution is -0.145. The highest BCUT2D eigenvalue weighted by Gasteiger charge is 2.14. The zero-order valence-electron chi connectivity index (χ0n) is 15.2. The van der Waals surface area contributed by atoms with Gasteiger partial charge in [0.2, 0.25) is 0 Å². The Morgan fingerprint density at radius 2 is 1.45 bits per heavy atom. The molecule has 0 aliphatic carbocycles. The van der Waals surface area contributed by atoms with Gasteiger partial charge in [-0.1, -0.05) is 78.6 Å². The molecule has 0 bridgehead atoms. The summed E-state index contributed by atoms with van der Waals surface area (Å²) >= 11 is 0. The van der Waals surface area contributed by atoms with Crippen LogP contribution in [0.4, 0.5) is 0 Å². The second-order valence-corrected chi connectivity index (χ2v) is 6.69. The van der Waals surface area contributed by atoms with Crippen molar-refractivity contribution in [3.63, 3.8) is 0 Å². The van der Waals surface area contributed by atoms with E-state index in [0.29, 0.717) is 13.0 Å². The summed E-state index contributed by atoms with van der Waals surface area (Å²) < 4.78 is 5.32. The minimum absolute atomic E-state index is 0.0663. The molecule has 2 atom stereocenters. The molecule has 0 aliphatic heterocycles. The van der Waals surface area contributed by atoms with Crippen molar-refractivity contribution in [2.75, 3.05) is 6.61 Å². The largest absolute Gasteiger partial charge is 0.465 e. The van der Waals surface area contributed by atoms with Gasteiger partial charge in [0.1, 0.15) is 0 Å². The molecule has 22 heavy (non-hydrogen) atoms. The summed E-state index contributed by atoms with van der Waals surface area (Å²) in [5.41, 5.74) is 6.20. The summed E-state index contributed by atoms with van der Waals surface area (Å²) in [6.07, 6.45) is 14.0. The fourth-order valence-corrected chi connectivity index (χ4v) is 2.56. The summed E-state index contributed by atoms with van der Waals surface area (Å²) in [6, 6.07) is 0.152. The molecule has 0 fully saturated rings. The Labute approximate surface area is 138 Å². The normalized spacial score (nSPS) is 13.8. The Morgan fingerprint density at radius 3 is 2.09 bits per heavy atom. The quantitative estimate of drug-likeness (QED) is 0.333. The lowest BCUT2D eigenvalue weighted by Crippen LogP contribution is -2.31. The summed E-state index contributed by atoms with van der Waals surface area (Å²) in [5, 5.41) is 0. The molecule has 2 unspecified atom stereocenters. The van der Waals surface area contributed by atoms with Crippen molar-refractivity contribution in [2.24, 2.45) is 11.7 Å². The molecule has 0 aromatic carbocycles. The molecule has 0 aromatic heterocycles. The van der Waals surface area contributed by atoms with Gasteiger partial charge in [-0.15, -0.1) is 0 Å². The number of carbonyl (C=O) groups is 1. The molecule has 0 aromatic rings. The molecule has 0 saturated carbocycles. The van der Waals surface area contributed by atoms with E-state index in [1.807, 2.05) is 0 Å². The number of esters is 1. The Kier molecular flexibility index (Phi) is 14.9. The first-order valence-corrected chi connectivity index (χ1v) is 9.53. The molecule has 0 spiro atoms. The number of rotatable bonds is 15. The van der Waals surface area contributed by atoms with Gasteiger partial charge in [0.15, 0.2) is 0 Å². The molecule has 3 nitrogen and oxygen atoms in total. The van der Waals surface area contributed by atoms with E-state index in [2.05, 4.69) is 20.8 Å². The minimum Gasteiger partial charge on any atom is -0.465 e. The summed E-state index contributed by atoms with van der Waals surface area (Å²) in [7, 11) is 0. The molecule has 0 saturated heterocycles. The second-order valence-electron chi connectivity index (χ2n) is 6.69. The Balaban J connectivity index is 3.53. The molecular weight excluding hydrogens is 274 g/mol. The molecular formula is C19H39NO2. The third-order valence-electron chi connectivity index (χ3n) is 4.36. The van der Waals surface area contributed by atoms with Crippen LogP contribution in [0.3, 0.4) is 0 Å². The van der Waals surface area contributed by atoms with Gasteiger partial charge in [0.05, 0.1) is 6.61 Å². The molecule has 2 N–H and O–H groups in total. The van der Waals surface area contributed by atoms with E-state index in [1.165, 1.54) is 44.9 Å². The molecule has 0 amide bonds. The molecule has 3 heteroatoms. The molecule has 0 radical (unpaired) electrons. The van der Waals surface area contributed by atoms with E-state index in [1.54, 1.807) is 0 Å². The maximum Gasteiger partial charge on any atom is 0.305 e. The lowest BCUT2D eigenvalue weighted by Gasteiger charge is -2.19. The second kappa shape index (κ2) is 15.3. The summed E-state index contributed by atoms with van der Waals surface area (Å²) in [4.78, 5) is 11.6. The van der Waals surface area contributed by atoms with Gasteiger partial charge in [0.25, 0.3) is 0 Å². The van der Waals surface area contributed by atoms with E-state index in [4.69, 9.17) is 10.5 Å².